The highest BCUT2D eigenvalue weighted by atomic mass is 16.6. The van der Waals surface area contributed by atoms with E-state index in [0.29, 0.717) is 0 Å². The molecule has 1 aliphatic rings. The number of imidazole rings is 1. The Balaban J connectivity index is 1.83. The maximum absolute atomic E-state index is 11.2. The monoisotopic (exact) mass is 351 g/mol. The van der Waals surface area contributed by atoms with Crippen molar-refractivity contribution in [1.29, 1.82) is 0 Å². The predicted octanol–water partition coefficient (Wildman–Crippen LogP) is 2.62. The summed E-state index contributed by atoms with van der Waals surface area (Å²) in [4.78, 5) is 18.0. The van der Waals surface area contributed by atoms with Crippen LogP contribution in [0.1, 0.15) is 11.3 Å². The maximum atomic E-state index is 11.2. The van der Waals surface area contributed by atoms with E-state index in [1.807, 2.05) is 18.2 Å². The Kier molecular flexibility index (Phi) is 4.40. The second-order valence-electron chi connectivity index (χ2n) is 6.68. The second kappa shape index (κ2) is 6.86. The van der Waals surface area contributed by atoms with Crippen LogP contribution >= 0.6 is 0 Å². The van der Waals surface area contributed by atoms with Crippen LogP contribution in [0.15, 0.2) is 42.6 Å². The first kappa shape index (κ1) is 16.7. The lowest BCUT2D eigenvalue weighted by molar-refractivity contribution is -0.384. The molecule has 7 nitrogen and oxygen atoms in total. The van der Waals surface area contributed by atoms with Crippen LogP contribution in [-0.2, 0) is 6.54 Å². The van der Waals surface area contributed by atoms with E-state index < -0.39 is 0 Å². The first-order valence-corrected chi connectivity index (χ1v) is 8.77. The molecule has 134 valence electrons. The molecule has 0 spiro atoms. The van der Waals surface area contributed by atoms with Crippen molar-refractivity contribution in [3.63, 3.8) is 0 Å². The van der Waals surface area contributed by atoms with E-state index in [0.717, 1.165) is 60.9 Å². The lowest BCUT2D eigenvalue weighted by Crippen LogP contribution is -2.43. The normalized spacial score (nSPS) is 15.4. The van der Waals surface area contributed by atoms with Gasteiger partial charge in [-0.05, 0) is 18.6 Å². The smallest absolute Gasteiger partial charge is 0.270 e. The standard InChI is InChI=1S/C19H21N5O2/c1-14-5-6-18-21-19(15-3-2-4-16(11-15)24(25)26)17(23(18)12-14)13-22-9-7-20-8-10-22/h2-6,11-12,20H,7-10,13H2,1H3. The number of nitrogens with one attached hydrogen (secondary N) is 1. The number of non-ortho nitro benzene ring substituents is 1. The molecule has 0 amide bonds. The molecule has 1 N–H and O–H groups in total. The summed E-state index contributed by atoms with van der Waals surface area (Å²) in [5, 5.41) is 14.5. The number of aromatic nitrogens is 2. The van der Waals surface area contributed by atoms with Crippen molar-refractivity contribution in [2.45, 2.75) is 13.5 Å². The number of nitro groups is 1. The molecule has 26 heavy (non-hydrogen) atoms. The molecule has 3 heterocycles. The molecule has 0 aliphatic carbocycles. The minimum absolute atomic E-state index is 0.0869. The van der Waals surface area contributed by atoms with Gasteiger partial charge < -0.3 is 9.72 Å². The Morgan fingerprint density at radius 2 is 2.04 bits per heavy atom. The van der Waals surface area contributed by atoms with E-state index in [4.69, 9.17) is 4.98 Å². The zero-order valence-corrected chi connectivity index (χ0v) is 14.7. The van der Waals surface area contributed by atoms with Gasteiger partial charge in [0.25, 0.3) is 5.69 Å². The van der Waals surface area contributed by atoms with Gasteiger partial charge in [0.2, 0.25) is 0 Å². The summed E-state index contributed by atoms with van der Waals surface area (Å²) in [7, 11) is 0. The molecule has 1 saturated heterocycles. The van der Waals surface area contributed by atoms with E-state index in [-0.39, 0.29) is 10.6 Å². The second-order valence-corrected chi connectivity index (χ2v) is 6.68. The number of piperazine rings is 1. The largest absolute Gasteiger partial charge is 0.314 e. The zero-order valence-electron chi connectivity index (χ0n) is 14.7. The molecule has 0 atom stereocenters. The summed E-state index contributed by atoms with van der Waals surface area (Å²) in [5.74, 6) is 0. The van der Waals surface area contributed by atoms with Crippen LogP contribution in [-0.4, -0.2) is 45.4 Å². The van der Waals surface area contributed by atoms with Gasteiger partial charge in [-0.1, -0.05) is 18.2 Å². The van der Waals surface area contributed by atoms with E-state index in [2.05, 4.69) is 27.7 Å². The quantitative estimate of drug-likeness (QED) is 0.578. The summed E-state index contributed by atoms with van der Waals surface area (Å²) in [5.41, 5.74) is 4.78. The molecular weight excluding hydrogens is 330 g/mol. The molecule has 0 radical (unpaired) electrons. The van der Waals surface area contributed by atoms with Crippen LogP contribution in [0.5, 0.6) is 0 Å². The van der Waals surface area contributed by atoms with Crippen LogP contribution in [0.2, 0.25) is 0 Å². The number of hydrogen-bond donors (Lipinski definition) is 1. The summed E-state index contributed by atoms with van der Waals surface area (Å²) in [6.07, 6.45) is 2.08. The summed E-state index contributed by atoms with van der Waals surface area (Å²) < 4.78 is 2.12. The van der Waals surface area contributed by atoms with Gasteiger partial charge in [0.05, 0.1) is 16.3 Å². The molecule has 0 saturated carbocycles. The number of rotatable bonds is 4. The minimum atomic E-state index is -0.362. The molecule has 4 rings (SSSR count). The number of nitrogens with zero attached hydrogens (tertiary/aromatic N) is 4. The van der Waals surface area contributed by atoms with Crippen LogP contribution in [0.3, 0.4) is 0 Å². The van der Waals surface area contributed by atoms with Crippen molar-refractivity contribution >= 4 is 11.3 Å². The third-order valence-corrected chi connectivity index (χ3v) is 4.78. The van der Waals surface area contributed by atoms with Crippen LogP contribution < -0.4 is 5.32 Å². The first-order valence-electron chi connectivity index (χ1n) is 8.77. The Morgan fingerprint density at radius 3 is 2.81 bits per heavy atom. The highest BCUT2D eigenvalue weighted by Crippen LogP contribution is 2.28. The lowest BCUT2D eigenvalue weighted by atomic mass is 10.1. The van der Waals surface area contributed by atoms with Gasteiger partial charge in [0, 0.05) is 56.6 Å². The Hall–Kier alpha value is -2.77. The molecule has 1 fully saturated rings. The van der Waals surface area contributed by atoms with Gasteiger partial charge in [-0.15, -0.1) is 0 Å². The van der Waals surface area contributed by atoms with Crippen LogP contribution in [0, 0.1) is 17.0 Å². The van der Waals surface area contributed by atoms with Crippen molar-refractivity contribution in [2.24, 2.45) is 0 Å². The zero-order chi connectivity index (χ0) is 18.1. The molecule has 7 heteroatoms. The minimum Gasteiger partial charge on any atom is -0.314 e. The average Bonchev–Trinajstić information content (AvgIpc) is 3.00. The Labute approximate surface area is 151 Å². The predicted molar refractivity (Wildman–Crippen MR) is 100 cm³/mol. The summed E-state index contributed by atoms with van der Waals surface area (Å²) in [6.45, 7) is 6.73. The SMILES string of the molecule is Cc1ccc2nc(-c3cccc([N+](=O)[O-])c3)c(CN3CCNCC3)n2c1. The fourth-order valence-electron chi connectivity index (χ4n) is 3.43. The Morgan fingerprint density at radius 1 is 1.23 bits per heavy atom. The topological polar surface area (TPSA) is 75.7 Å². The van der Waals surface area contributed by atoms with Crippen LogP contribution in [0.4, 0.5) is 5.69 Å². The number of benzene rings is 1. The fourth-order valence-corrected chi connectivity index (χ4v) is 3.43. The number of aryl methyl sites for hydroxylation is 1. The lowest BCUT2D eigenvalue weighted by Gasteiger charge is -2.27. The number of pyridine rings is 1. The van der Waals surface area contributed by atoms with Gasteiger partial charge in [-0.2, -0.15) is 0 Å². The van der Waals surface area contributed by atoms with E-state index in [9.17, 15) is 10.1 Å². The van der Waals surface area contributed by atoms with Gasteiger partial charge in [0.1, 0.15) is 5.65 Å². The molecule has 2 aromatic heterocycles. The van der Waals surface area contributed by atoms with Gasteiger partial charge in [0.15, 0.2) is 0 Å². The maximum Gasteiger partial charge on any atom is 0.270 e. The van der Waals surface area contributed by atoms with Gasteiger partial charge >= 0.3 is 0 Å². The van der Waals surface area contributed by atoms with E-state index in [1.54, 1.807) is 12.1 Å². The van der Waals surface area contributed by atoms with Crippen molar-refractivity contribution < 1.29 is 4.92 Å². The van der Waals surface area contributed by atoms with Crippen molar-refractivity contribution in [3.8, 4) is 11.3 Å². The molecule has 1 aliphatic heterocycles. The fraction of sp³-hybridized carbons (Fsp3) is 0.316. The first-order chi connectivity index (χ1) is 12.6. The molecular formula is C19H21N5O2. The van der Waals surface area contributed by atoms with Crippen LogP contribution in [0.25, 0.3) is 16.9 Å². The van der Waals surface area contributed by atoms with Gasteiger partial charge in [-0.25, -0.2) is 4.98 Å². The average molecular weight is 351 g/mol. The van der Waals surface area contributed by atoms with Gasteiger partial charge in [-0.3, -0.25) is 15.0 Å². The molecule has 1 aromatic carbocycles. The molecule has 3 aromatic rings. The molecule has 0 bridgehead atoms. The third kappa shape index (κ3) is 3.18. The van der Waals surface area contributed by atoms with E-state index >= 15 is 0 Å². The van der Waals surface area contributed by atoms with E-state index in [1.165, 1.54) is 6.07 Å². The Bertz CT molecular complexity index is 960. The van der Waals surface area contributed by atoms with Crippen molar-refractivity contribution in [3.05, 3.63) is 64.0 Å². The van der Waals surface area contributed by atoms with Crippen molar-refractivity contribution in [1.82, 2.24) is 19.6 Å². The highest BCUT2D eigenvalue weighted by molar-refractivity contribution is 5.68. The third-order valence-electron chi connectivity index (χ3n) is 4.78. The molecule has 0 unspecified atom stereocenters. The summed E-state index contributed by atoms with van der Waals surface area (Å²) in [6, 6.07) is 10.8. The number of hydrogen-bond acceptors (Lipinski definition) is 5. The highest BCUT2D eigenvalue weighted by Gasteiger charge is 2.20. The number of fused-ring (bicyclic) bond motifs is 1. The number of nitro benzene ring substituents is 1. The van der Waals surface area contributed by atoms with Crippen molar-refractivity contribution in [2.75, 3.05) is 26.2 Å². The summed E-state index contributed by atoms with van der Waals surface area (Å²) >= 11 is 0.